The first-order valence-electron chi connectivity index (χ1n) is 1.06. The molecule has 0 aliphatic carbocycles. The molecule has 0 aromatic rings. The van der Waals surface area contributed by atoms with Crippen molar-refractivity contribution in [2.24, 2.45) is 0 Å². The van der Waals surface area contributed by atoms with Gasteiger partial charge in [0, 0.05) is 0 Å². The second kappa shape index (κ2) is 1.57. The van der Waals surface area contributed by atoms with Crippen molar-refractivity contribution in [3.63, 3.8) is 0 Å². The third kappa shape index (κ3) is 53.2. The summed E-state index contributed by atoms with van der Waals surface area (Å²) in [5.41, 5.74) is 0. The minimum absolute atomic E-state index is 1.04. The van der Waals surface area contributed by atoms with Crippen molar-refractivity contribution in [3.8, 4) is 0 Å². The molecule has 0 saturated heterocycles. The van der Waals surface area contributed by atoms with Crippen LogP contribution in [0.2, 0.25) is 0 Å². The molecule has 0 N–H and O–H groups in total. The van der Waals surface area contributed by atoms with E-state index in [1.807, 2.05) is 6.92 Å². The summed E-state index contributed by atoms with van der Waals surface area (Å²) in [6, 6.07) is 0. The summed E-state index contributed by atoms with van der Waals surface area (Å²) in [6.07, 6.45) is 0. The maximum absolute atomic E-state index is 3.50. The summed E-state index contributed by atoms with van der Waals surface area (Å²) >= 11 is 2.71. The molecule has 1 radical (unpaired) electrons. The van der Waals surface area contributed by atoms with Crippen molar-refractivity contribution in [2.45, 2.75) is 6.92 Å². The maximum atomic E-state index is 3.50. The van der Waals surface area contributed by atoms with Crippen LogP contribution in [0.4, 0.5) is 0 Å². The third-order valence-corrected chi connectivity index (χ3v) is 0. The van der Waals surface area contributed by atoms with Gasteiger partial charge in [0.25, 0.3) is 0 Å². The third-order valence-electron chi connectivity index (χ3n) is 0. The van der Waals surface area contributed by atoms with E-state index in [-0.39, 0.29) is 0 Å². The zero-order valence-corrected chi connectivity index (χ0v) is 4.33. The Morgan fingerprint density at radius 1 is 2.00 bits per heavy atom. The number of rotatable bonds is 0. The van der Waals surface area contributed by atoms with Crippen LogP contribution in [-0.4, -0.2) is 16.0 Å². The van der Waals surface area contributed by atoms with Crippen molar-refractivity contribution in [1.29, 1.82) is 0 Å². The van der Waals surface area contributed by atoms with Crippen LogP contribution < -0.4 is 0 Å². The summed E-state index contributed by atoms with van der Waals surface area (Å²) < 4.78 is 1.04. The van der Waals surface area contributed by atoms with Crippen LogP contribution in [0.25, 0.3) is 0 Å². The molecule has 0 bridgehead atoms. The zero-order valence-electron chi connectivity index (χ0n) is 2.62. The monoisotopic (exact) mass is 121 g/mol. The van der Waals surface area contributed by atoms with E-state index < -0.39 is 0 Å². The van der Waals surface area contributed by atoms with Crippen LogP contribution in [0.3, 0.4) is 0 Å². The van der Waals surface area contributed by atoms with Crippen molar-refractivity contribution < 1.29 is 0 Å². The molecule has 0 saturated carbocycles. The van der Waals surface area contributed by atoms with Gasteiger partial charge >= 0.3 is 34.0 Å². The molecule has 0 aliphatic heterocycles. The van der Waals surface area contributed by atoms with Gasteiger partial charge in [-0.2, -0.15) is 0 Å². The fourth-order valence-electron chi connectivity index (χ4n) is 0. The fourth-order valence-corrected chi connectivity index (χ4v) is 0. The van der Waals surface area contributed by atoms with E-state index in [0.29, 0.717) is 0 Å². The molecule has 1 heteroatoms. The molecular weight excluding hydrogens is 115 g/mol. The SMILES string of the molecule is C=C(C)[Se]. The normalized spacial score (nSPS) is 6.25. The van der Waals surface area contributed by atoms with E-state index in [2.05, 4.69) is 22.6 Å². The van der Waals surface area contributed by atoms with Crippen LogP contribution >= 0.6 is 0 Å². The van der Waals surface area contributed by atoms with E-state index in [1.54, 1.807) is 0 Å². The molecule has 0 aromatic carbocycles. The van der Waals surface area contributed by atoms with Gasteiger partial charge in [0.05, 0.1) is 0 Å². The van der Waals surface area contributed by atoms with Crippen LogP contribution in [-0.2, 0) is 0 Å². The average Bonchev–Trinajstić information content (AvgIpc) is 0.811. The Kier molecular flexibility index (Phi) is 1.67. The van der Waals surface area contributed by atoms with E-state index in [4.69, 9.17) is 0 Å². The van der Waals surface area contributed by atoms with Gasteiger partial charge in [0.1, 0.15) is 0 Å². The Labute approximate surface area is 34.7 Å². The summed E-state index contributed by atoms with van der Waals surface area (Å²) in [6.45, 7) is 5.42. The topological polar surface area (TPSA) is 0 Å². The van der Waals surface area contributed by atoms with Gasteiger partial charge < -0.3 is 0 Å². The van der Waals surface area contributed by atoms with Crippen molar-refractivity contribution >= 4 is 16.0 Å². The summed E-state index contributed by atoms with van der Waals surface area (Å²) in [4.78, 5) is 0. The van der Waals surface area contributed by atoms with E-state index >= 15 is 0 Å². The molecule has 0 unspecified atom stereocenters. The molecular formula is C3H5Se. The van der Waals surface area contributed by atoms with Gasteiger partial charge in [0.15, 0.2) is 0 Å². The quantitative estimate of drug-likeness (QED) is 0.412. The van der Waals surface area contributed by atoms with Crippen LogP contribution in [0.15, 0.2) is 11.1 Å². The van der Waals surface area contributed by atoms with Crippen molar-refractivity contribution in [1.82, 2.24) is 0 Å². The molecule has 4 heavy (non-hydrogen) atoms. The standard InChI is InChI=1S/C3H5Se/c1-3(2)4/h1H2,2H3. The second-order valence-electron chi connectivity index (χ2n) is 0.702. The first kappa shape index (κ1) is 4.26. The summed E-state index contributed by atoms with van der Waals surface area (Å²) in [5, 5.41) is 0. The molecule has 0 aromatic heterocycles. The molecule has 0 aliphatic rings. The van der Waals surface area contributed by atoms with E-state index in [0.717, 1.165) is 4.47 Å². The first-order valence-corrected chi connectivity index (χ1v) is 1.91. The minimum atomic E-state index is 1.04. The van der Waals surface area contributed by atoms with Crippen LogP contribution in [0.1, 0.15) is 6.92 Å². The van der Waals surface area contributed by atoms with Crippen molar-refractivity contribution in [2.75, 3.05) is 0 Å². The molecule has 0 fully saturated rings. The van der Waals surface area contributed by atoms with Gasteiger partial charge in [-0.25, -0.2) is 0 Å². The molecule has 0 nitrogen and oxygen atoms in total. The summed E-state index contributed by atoms with van der Waals surface area (Å²) in [7, 11) is 0. The van der Waals surface area contributed by atoms with E-state index in [9.17, 15) is 0 Å². The second-order valence-corrected chi connectivity index (χ2v) is 2.16. The number of allylic oxidation sites excluding steroid dienone is 1. The van der Waals surface area contributed by atoms with Crippen molar-refractivity contribution in [3.05, 3.63) is 11.1 Å². The molecule has 0 heterocycles. The molecule has 0 amide bonds. The molecule has 0 atom stereocenters. The predicted molar refractivity (Wildman–Crippen MR) is 20.6 cm³/mol. The van der Waals surface area contributed by atoms with Gasteiger partial charge in [-0.3, -0.25) is 0 Å². The first-order chi connectivity index (χ1) is 1.73. The number of hydrogen-bond donors (Lipinski definition) is 0. The number of hydrogen-bond acceptors (Lipinski definition) is 0. The van der Waals surface area contributed by atoms with Crippen LogP contribution in [0.5, 0.6) is 0 Å². The van der Waals surface area contributed by atoms with Crippen LogP contribution in [0, 0.1) is 0 Å². The Hall–Kier alpha value is 0.259. The Morgan fingerprint density at radius 3 is 2.00 bits per heavy atom. The summed E-state index contributed by atoms with van der Waals surface area (Å²) in [5.74, 6) is 0. The van der Waals surface area contributed by atoms with Gasteiger partial charge in [-0.1, -0.05) is 0 Å². The van der Waals surface area contributed by atoms with E-state index in [1.165, 1.54) is 0 Å². The molecule has 23 valence electrons. The molecule has 0 rings (SSSR count). The average molecular weight is 120 g/mol. The Bertz CT molecular complexity index is 26.3. The predicted octanol–water partition coefficient (Wildman–Crippen LogP) is 0.688. The Morgan fingerprint density at radius 2 is 2.00 bits per heavy atom. The Balaban J connectivity index is 2.80. The zero-order chi connectivity index (χ0) is 3.58. The van der Waals surface area contributed by atoms with Gasteiger partial charge in [-0.15, -0.1) is 0 Å². The fraction of sp³-hybridized carbons (Fsp3) is 0.333. The van der Waals surface area contributed by atoms with Gasteiger partial charge in [0.2, 0.25) is 0 Å². The van der Waals surface area contributed by atoms with Gasteiger partial charge in [-0.05, 0) is 0 Å². The molecule has 0 spiro atoms.